The number of carbonyl (C=O) groups excluding carboxylic acids is 4. The summed E-state index contributed by atoms with van der Waals surface area (Å²) in [6.45, 7) is 15.1. The van der Waals surface area contributed by atoms with Crippen LogP contribution in [0.4, 0.5) is 0 Å². The minimum Gasteiger partial charge on any atom is -0.456 e. The lowest BCUT2D eigenvalue weighted by molar-refractivity contribution is -0.302. The number of allylic oxidation sites excluding steroid dienone is 3. The van der Waals surface area contributed by atoms with Crippen LogP contribution in [-0.4, -0.2) is 125 Å². The highest BCUT2D eigenvalue weighted by Crippen LogP contribution is 2.39. The van der Waals surface area contributed by atoms with Crippen LogP contribution in [0.2, 0.25) is 0 Å². The maximum absolute atomic E-state index is 14.4. The van der Waals surface area contributed by atoms with Gasteiger partial charge in [-0.05, 0) is 109 Å². The van der Waals surface area contributed by atoms with E-state index in [-0.39, 0.29) is 55.6 Å². The van der Waals surface area contributed by atoms with E-state index in [1.54, 1.807) is 13.8 Å². The lowest BCUT2D eigenvalue weighted by atomic mass is 9.81. The zero-order valence-electron chi connectivity index (χ0n) is 36.7. The summed E-state index contributed by atoms with van der Waals surface area (Å²) < 4.78 is 30.3. The van der Waals surface area contributed by atoms with Gasteiger partial charge in [0.2, 0.25) is 5.79 Å². The average molecular weight is 820 g/mol. The first kappa shape index (κ1) is 48.1. The van der Waals surface area contributed by atoms with E-state index >= 15 is 0 Å². The van der Waals surface area contributed by atoms with E-state index in [2.05, 4.69) is 6.92 Å². The number of amides is 1. The molecule has 2 bridgehead atoms. The van der Waals surface area contributed by atoms with Crippen molar-refractivity contribution in [3.05, 3.63) is 23.3 Å². The number of aliphatic hydroxyl groups is 3. The van der Waals surface area contributed by atoms with Gasteiger partial charge in [-0.1, -0.05) is 45.4 Å². The molecule has 13 heteroatoms. The molecule has 4 aliphatic rings. The Hall–Kier alpha value is -2.52. The second-order valence-electron chi connectivity index (χ2n) is 18.1. The minimum atomic E-state index is -2.50. The van der Waals surface area contributed by atoms with Crippen molar-refractivity contribution in [2.24, 2.45) is 29.6 Å². The first-order chi connectivity index (χ1) is 27.3. The van der Waals surface area contributed by atoms with E-state index in [1.807, 2.05) is 46.8 Å². The van der Waals surface area contributed by atoms with Crippen LogP contribution in [-0.2, 0) is 42.9 Å². The summed E-state index contributed by atoms with van der Waals surface area (Å²) in [7, 11) is 3.07. The molecule has 14 unspecified atom stereocenters. The predicted octanol–water partition coefficient (Wildman–Crippen LogP) is 5.25. The molecule has 3 heterocycles. The third kappa shape index (κ3) is 11.6. The lowest BCUT2D eigenvalue weighted by Crippen LogP contribution is -2.64. The number of hydrogen-bond acceptors (Lipinski definition) is 12. The van der Waals surface area contributed by atoms with Crippen LogP contribution in [0, 0.1) is 29.6 Å². The number of ether oxygens (including phenoxy) is 5. The Morgan fingerprint density at radius 2 is 1.62 bits per heavy atom. The second kappa shape index (κ2) is 21.3. The third-order valence-corrected chi connectivity index (χ3v) is 13.0. The fourth-order valence-electron chi connectivity index (χ4n) is 9.63. The van der Waals surface area contributed by atoms with Crippen molar-refractivity contribution in [2.75, 3.05) is 20.8 Å². The Labute approximate surface area is 346 Å². The fraction of sp³-hybridized carbons (Fsp3) is 0.822. The van der Waals surface area contributed by atoms with E-state index in [0.29, 0.717) is 56.9 Å². The van der Waals surface area contributed by atoms with Gasteiger partial charge in [-0.3, -0.25) is 14.4 Å². The lowest BCUT2D eigenvalue weighted by Gasteiger charge is -2.47. The molecule has 1 saturated carbocycles. The first-order valence-electron chi connectivity index (χ1n) is 21.8. The maximum Gasteiger partial charge on any atom is 0.329 e. The van der Waals surface area contributed by atoms with Crippen LogP contribution in [0.15, 0.2) is 23.3 Å². The van der Waals surface area contributed by atoms with E-state index in [0.717, 1.165) is 5.57 Å². The smallest absolute Gasteiger partial charge is 0.329 e. The molecule has 3 fully saturated rings. The van der Waals surface area contributed by atoms with Crippen molar-refractivity contribution in [1.82, 2.24) is 4.90 Å². The highest BCUT2D eigenvalue weighted by atomic mass is 16.7. The molecule has 0 spiro atoms. The Kier molecular flexibility index (Phi) is 17.7. The van der Waals surface area contributed by atoms with Crippen LogP contribution in [0.5, 0.6) is 0 Å². The van der Waals surface area contributed by atoms with E-state index < -0.39 is 83.9 Å². The molecule has 0 aromatic rings. The molecule has 0 radical (unpaired) electrons. The van der Waals surface area contributed by atoms with Gasteiger partial charge in [0.05, 0.1) is 36.6 Å². The number of fused-ring (bicyclic) bond motifs is 3. The number of aliphatic hydroxyl groups excluding tert-OH is 2. The normalized spacial score (nSPS) is 40.7. The molecule has 3 N–H and O–H groups in total. The van der Waals surface area contributed by atoms with Crippen molar-refractivity contribution in [2.45, 2.75) is 187 Å². The summed E-state index contributed by atoms with van der Waals surface area (Å²) in [6, 6.07) is -1.13. The van der Waals surface area contributed by atoms with E-state index in [4.69, 9.17) is 23.7 Å². The quantitative estimate of drug-likeness (QED) is 0.173. The largest absolute Gasteiger partial charge is 0.456 e. The van der Waals surface area contributed by atoms with Gasteiger partial charge in [-0.2, -0.15) is 0 Å². The molecule has 1 aliphatic carbocycles. The van der Waals surface area contributed by atoms with E-state index in [9.17, 15) is 34.5 Å². The number of rotatable bonds is 7. The molecule has 4 rings (SSSR count). The van der Waals surface area contributed by atoms with Gasteiger partial charge in [0, 0.05) is 44.9 Å². The zero-order chi connectivity index (χ0) is 43.1. The molecular formula is C45H73NO12. The van der Waals surface area contributed by atoms with Crippen molar-refractivity contribution in [3.8, 4) is 0 Å². The number of piperidine rings is 1. The number of carbonyl (C=O) groups is 4. The second-order valence-corrected chi connectivity index (χ2v) is 18.1. The molecular weight excluding hydrogens is 746 g/mol. The Morgan fingerprint density at radius 3 is 2.26 bits per heavy atom. The molecule has 1 amide bonds. The Morgan fingerprint density at radius 1 is 0.948 bits per heavy atom. The maximum atomic E-state index is 14.4. The summed E-state index contributed by atoms with van der Waals surface area (Å²) in [4.78, 5) is 57.9. The summed E-state index contributed by atoms with van der Waals surface area (Å²) in [5, 5.41) is 34.4. The van der Waals surface area contributed by atoms with Gasteiger partial charge in [0.25, 0.3) is 11.7 Å². The molecule has 14 atom stereocenters. The molecule has 2 saturated heterocycles. The highest BCUT2D eigenvalue weighted by molar-refractivity contribution is 6.39. The van der Waals surface area contributed by atoms with Crippen LogP contribution >= 0.6 is 0 Å². The standard InChI is InChI=1S/C45H73NO12/c1-11-32-19-26(4)18-27(5)20-38(54-9)41-39(55-10)22-29(7)45(53,58-41)42(50)43(51)46-17-13-12-14-33(46)44(52)57-40(30(8)35(48)24-36(32)49)28(6)21-31-15-16-34(47)37(23-31)56-25(2)3/h19,21,25,27,29-35,37-41,47-48,53H,11-18,20,22-24H2,1-10H3/b26-19+,28-21?. The van der Waals surface area contributed by atoms with Gasteiger partial charge in [0.15, 0.2) is 0 Å². The number of ketones is 2. The summed E-state index contributed by atoms with van der Waals surface area (Å²) in [6.07, 6.45) is 3.63. The highest BCUT2D eigenvalue weighted by Gasteiger charge is 2.56. The van der Waals surface area contributed by atoms with Crippen molar-refractivity contribution >= 4 is 23.4 Å². The van der Waals surface area contributed by atoms with Gasteiger partial charge in [-0.25, -0.2) is 4.79 Å². The summed E-state index contributed by atoms with van der Waals surface area (Å²) in [5.74, 6) is -7.52. The van der Waals surface area contributed by atoms with Crippen LogP contribution in [0.1, 0.15) is 126 Å². The van der Waals surface area contributed by atoms with E-state index in [1.165, 1.54) is 19.1 Å². The van der Waals surface area contributed by atoms with Gasteiger partial charge >= 0.3 is 5.97 Å². The van der Waals surface area contributed by atoms with Crippen molar-refractivity contribution in [1.29, 1.82) is 0 Å². The molecule has 0 aromatic heterocycles. The number of hydrogen-bond donors (Lipinski definition) is 3. The van der Waals surface area contributed by atoms with Crippen LogP contribution < -0.4 is 0 Å². The molecule has 0 aromatic carbocycles. The first-order valence-corrected chi connectivity index (χ1v) is 21.8. The topological polar surface area (TPSA) is 178 Å². The molecule has 58 heavy (non-hydrogen) atoms. The van der Waals surface area contributed by atoms with Crippen molar-refractivity contribution in [3.63, 3.8) is 0 Å². The number of methoxy groups -OCH3 is 2. The van der Waals surface area contributed by atoms with Gasteiger partial charge < -0.3 is 43.9 Å². The predicted molar refractivity (Wildman–Crippen MR) is 217 cm³/mol. The number of esters is 1. The van der Waals surface area contributed by atoms with Crippen molar-refractivity contribution < 1.29 is 58.2 Å². The van der Waals surface area contributed by atoms with Gasteiger partial charge in [-0.15, -0.1) is 0 Å². The molecule has 330 valence electrons. The monoisotopic (exact) mass is 820 g/mol. The molecule has 13 nitrogen and oxygen atoms in total. The Balaban J connectivity index is 1.76. The summed E-state index contributed by atoms with van der Waals surface area (Å²) >= 11 is 0. The number of Topliss-reactive ketones (excluding diaryl/α,β-unsaturated/α-hetero) is 2. The summed E-state index contributed by atoms with van der Waals surface area (Å²) in [5.41, 5.74) is 1.66. The fourth-order valence-corrected chi connectivity index (χ4v) is 9.63. The molecule has 3 aliphatic heterocycles. The Bertz CT molecular complexity index is 1480. The SMILES string of the molecule is CCC1/C=C(\C)CC(C)CC(OC)C2OC(O)(C(=O)C(=O)N3CCCCC3C(=O)OC(C(C)=CC3CCC(O)C(OC(C)C)C3)C(C)C(O)CC1=O)C(C)CC2OC. The minimum absolute atomic E-state index is 0.00946. The zero-order valence-corrected chi connectivity index (χ0v) is 36.7. The number of nitrogens with zero attached hydrogens (tertiary/aromatic N) is 1. The average Bonchev–Trinajstić information content (AvgIpc) is 3.18. The van der Waals surface area contributed by atoms with Crippen LogP contribution in [0.25, 0.3) is 0 Å². The third-order valence-electron chi connectivity index (χ3n) is 13.0. The van der Waals surface area contributed by atoms with Gasteiger partial charge in [0.1, 0.15) is 24.0 Å². The number of cyclic esters (lactones) is 1. The van der Waals surface area contributed by atoms with Crippen LogP contribution in [0.3, 0.4) is 0 Å².